The number of halogens is 1. The zero-order chi connectivity index (χ0) is 19.7. The van der Waals surface area contributed by atoms with Gasteiger partial charge in [0.15, 0.2) is 0 Å². The molecule has 26 heavy (non-hydrogen) atoms. The maximum Gasteiger partial charge on any atom is 0.342 e. The standard InChI is InChI=1S/C19H26ClN3O3/c1-7-10-15(21-6)11-17(13(4)20)23-12-16(19(24)26-9-3)18(22-23)14(5)25-8-2/h7,10,12-13,17H,1,5-6,8-9,11H2,2-4H3/b15-10+/t13?,17-/m1/s1. The van der Waals surface area contributed by atoms with Gasteiger partial charge in [0, 0.05) is 18.3 Å². The van der Waals surface area contributed by atoms with E-state index in [9.17, 15) is 4.79 Å². The Balaban J connectivity index is 3.34. The summed E-state index contributed by atoms with van der Waals surface area (Å²) >= 11 is 6.38. The van der Waals surface area contributed by atoms with Crippen LogP contribution in [0.1, 0.15) is 49.3 Å². The molecule has 0 aliphatic rings. The fourth-order valence-electron chi connectivity index (χ4n) is 2.37. The Labute approximate surface area is 159 Å². The Morgan fingerprint density at radius 2 is 2.08 bits per heavy atom. The third-order valence-corrected chi connectivity index (χ3v) is 3.90. The van der Waals surface area contributed by atoms with Gasteiger partial charge >= 0.3 is 5.97 Å². The summed E-state index contributed by atoms with van der Waals surface area (Å²) < 4.78 is 12.2. The lowest BCUT2D eigenvalue weighted by Crippen LogP contribution is -2.19. The number of esters is 1. The van der Waals surface area contributed by atoms with Crippen LogP contribution < -0.4 is 0 Å². The molecule has 1 aromatic rings. The zero-order valence-corrected chi connectivity index (χ0v) is 16.3. The highest BCUT2D eigenvalue weighted by Crippen LogP contribution is 2.28. The van der Waals surface area contributed by atoms with Crippen molar-refractivity contribution >= 4 is 30.0 Å². The molecule has 0 saturated carbocycles. The molecular weight excluding hydrogens is 354 g/mol. The summed E-state index contributed by atoms with van der Waals surface area (Å²) in [6.45, 7) is 17.2. The van der Waals surface area contributed by atoms with E-state index in [-0.39, 0.29) is 23.6 Å². The van der Waals surface area contributed by atoms with Crippen LogP contribution in [0.5, 0.6) is 0 Å². The summed E-state index contributed by atoms with van der Waals surface area (Å²) in [6.07, 6.45) is 5.48. The number of carbonyl (C=O) groups is 1. The molecule has 142 valence electrons. The monoisotopic (exact) mass is 379 g/mol. The van der Waals surface area contributed by atoms with E-state index < -0.39 is 5.97 Å². The average Bonchev–Trinajstić information content (AvgIpc) is 3.03. The minimum absolute atomic E-state index is 0.256. The Bertz CT molecular complexity index is 657. The molecule has 1 heterocycles. The van der Waals surface area contributed by atoms with E-state index in [0.29, 0.717) is 24.5 Å². The first-order chi connectivity index (χ1) is 12.4. The summed E-state index contributed by atoms with van der Waals surface area (Å²) in [7, 11) is 0. The van der Waals surface area contributed by atoms with E-state index in [1.165, 1.54) is 0 Å². The van der Waals surface area contributed by atoms with Crippen LogP contribution in [0.25, 0.3) is 5.76 Å². The summed E-state index contributed by atoms with van der Waals surface area (Å²) in [5, 5.41) is 4.21. The molecule has 0 bridgehead atoms. The summed E-state index contributed by atoms with van der Waals surface area (Å²) in [5.74, 6) is -0.182. The number of hydrogen-bond donors (Lipinski definition) is 0. The van der Waals surface area contributed by atoms with Crippen LogP contribution in [0.15, 0.2) is 42.2 Å². The number of aliphatic imine (C=N–C) groups is 1. The van der Waals surface area contributed by atoms with Crippen LogP contribution in [-0.2, 0) is 9.47 Å². The molecule has 1 aromatic heterocycles. The van der Waals surface area contributed by atoms with E-state index in [0.717, 1.165) is 5.70 Å². The van der Waals surface area contributed by atoms with Crippen molar-refractivity contribution in [2.45, 2.75) is 38.6 Å². The first kappa shape index (κ1) is 21.7. The number of carbonyl (C=O) groups excluding carboxylic acids is 1. The molecule has 1 unspecified atom stereocenters. The first-order valence-electron chi connectivity index (χ1n) is 8.40. The van der Waals surface area contributed by atoms with Gasteiger partial charge in [0.05, 0.1) is 24.6 Å². The summed E-state index contributed by atoms with van der Waals surface area (Å²) in [4.78, 5) is 16.3. The molecule has 0 N–H and O–H groups in total. The number of aromatic nitrogens is 2. The van der Waals surface area contributed by atoms with Gasteiger partial charge in [0.1, 0.15) is 17.0 Å². The Kier molecular flexibility index (Phi) is 8.85. The second-order valence-corrected chi connectivity index (χ2v) is 6.14. The van der Waals surface area contributed by atoms with Crippen molar-refractivity contribution in [3.8, 4) is 0 Å². The largest absolute Gasteiger partial charge is 0.492 e. The van der Waals surface area contributed by atoms with Crippen molar-refractivity contribution in [2.24, 2.45) is 4.99 Å². The highest BCUT2D eigenvalue weighted by atomic mass is 35.5. The number of rotatable bonds is 11. The average molecular weight is 380 g/mol. The van der Waals surface area contributed by atoms with Crippen molar-refractivity contribution in [1.29, 1.82) is 0 Å². The molecule has 0 spiro atoms. The van der Waals surface area contributed by atoms with E-state index in [1.54, 1.807) is 30.0 Å². The Morgan fingerprint density at radius 3 is 2.58 bits per heavy atom. The molecule has 7 heteroatoms. The van der Waals surface area contributed by atoms with Crippen molar-refractivity contribution in [1.82, 2.24) is 9.78 Å². The van der Waals surface area contributed by atoms with Gasteiger partial charge < -0.3 is 9.47 Å². The fraction of sp³-hybridized carbons (Fsp3) is 0.421. The number of ether oxygens (including phenoxy) is 2. The highest BCUT2D eigenvalue weighted by molar-refractivity contribution is 6.20. The predicted octanol–water partition coefficient (Wildman–Crippen LogP) is 4.40. The first-order valence-corrected chi connectivity index (χ1v) is 8.83. The van der Waals surface area contributed by atoms with Gasteiger partial charge in [0.2, 0.25) is 0 Å². The third kappa shape index (κ3) is 5.59. The Morgan fingerprint density at radius 1 is 1.42 bits per heavy atom. The molecule has 0 radical (unpaired) electrons. The fourth-order valence-corrected chi connectivity index (χ4v) is 2.57. The number of nitrogens with zero attached hydrogens (tertiary/aromatic N) is 3. The third-order valence-electron chi connectivity index (χ3n) is 3.61. The molecule has 0 fully saturated rings. The number of alkyl halides is 1. The highest BCUT2D eigenvalue weighted by Gasteiger charge is 2.26. The van der Waals surface area contributed by atoms with Crippen LogP contribution in [0.4, 0.5) is 0 Å². The molecule has 1 rings (SSSR count). The second kappa shape index (κ2) is 10.6. The SMILES string of the molecule is C=C/C=C(\C[C@H](C(C)Cl)n1cc(C(=O)OCC)c(C(=C)OCC)n1)N=C. The summed E-state index contributed by atoms with van der Waals surface area (Å²) in [5.41, 5.74) is 1.35. The molecule has 0 aliphatic heterocycles. The lowest BCUT2D eigenvalue weighted by molar-refractivity contribution is 0.0525. The molecule has 0 amide bonds. The van der Waals surface area contributed by atoms with Crippen molar-refractivity contribution in [2.75, 3.05) is 13.2 Å². The van der Waals surface area contributed by atoms with E-state index >= 15 is 0 Å². The van der Waals surface area contributed by atoms with Gasteiger partial charge in [-0.05, 0) is 33.6 Å². The van der Waals surface area contributed by atoms with Gasteiger partial charge in [-0.1, -0.05) is 19.2 Å². The molecule has 0 aliphatic carbocycles. The van der Waals surface area contributed by atoms with Gasteiger partial charge in [-0.2, -0.15) is 5.10 Å². The predicted molar refractivity (Wildman–Crippen MR) is 106 cm³/mol. The second-order valence-electron chi connectivity index (χ2n) is 5.45. The normalized spacial score (nSPS) is 13.6. The molecule has 6 nitrogen and oxygen atoms in total. The lowest BCUT2D eigenvalue weighted by Gasteiger charge is -2.20. The minimum Gasteiger partial charge on any atom is -0.492 e. The minimum atomic E-state index is -0.487. The van der Waals surface area contributed by atoms with E-state index in [4.69, 9.17) is 21.1 Å². The van der Waals surface area contributed by atoms with E-state index in [2.05, 4.69) is 30.0 Å². The number of hydrogen-bond acceptors (Lipinski definition) is 5. The van der Waals surface area contributed by atoms with Crippen molar-refractivity contribution < 1.29 is 14.3 Å². The maximum atomic E-state index is 12.3. The van der Waals surface area contributed by atoms with Gasteiger partial charge in [-0.25, -0.2) is 4.79 Å². The van der Waals surface area contributed by atoms with E-state index in [1.807, 2.05) is 13.8 Å². The summed E-state index contributed by atoms with van der Waals surface area (Å²) in [6, 6.07) is -0.260. The molecule has 0 saturated heterocycles. The van der Waals surface area contributed by atoms with Crippen molar-refractivity contribution in [3.63, 3.8) is 0 Å². The number of allylic oxidation sites excluding steroid dienone is 3. The van der Waals surface area contributed by atoms with Crippen LogP contribution in [0, 0.1) is 0 Å². The lowest BCUT2D eigenvalue weighted by atomic mass is 10.1. The van der Waals surface area contributed by atoms with Crippen molar-refractivity contribution in [3.05, 3.63) is 48.5 Å². The quantitative estimate of drug-likeness (QED) is 0.188. The maximum absolute atomic E-state index is 12.3. The zero-order valence-electron chi connectivity index (χ0n) is 15.6. The van der Waals surface area contributed by atoms with Gasteiger partial charge in [-0.3, -0.25) is 9.67 Å². The molecule has 2 atom stereocenters. The Hall–Kier alpha value is -2.34. The smallest absolute Gasteiger partial charge is 0.342 e. The van der Waals surface area contributed by atoms with Crippen LogP contribution >= 0.6 is 11.6 Å². The van der Waals surface area contributed by atoms with Crippen LogP contribution in [-0.4, -0.2) is 41.1 Å². The van der Waals surface area contributed by atoms with Gasteiger partial charge in [-0.15, -0.1) is 11.6 Å². The van der Waals surface area contributed by atoms with Gasteiger partial charge in [0.25, 0.3) is 0 Å². The topological polar surface area (TPSA) is 65.7 Å². The molecular formula is C19H26ClN3O3. The van der Waals surface area contributed by atoms with Crippen LogP contribution in [0.3, 0.4) is 0 Å². The molecule has 0 aromatic carbocycles. The van der Waals surface area contributed by atoms with Crippen LogP contribution in [0.2, 0.25) is 0 Å².